The number of nitrogens with one attached hydrogen (secondary N) is 1. The Balaban J connectivity index is 2.09. The largest absolute Gasteiger partial charge is 0.496 e. The molecule has 0 radical (unpaired) electrons. The van der Waals surface area contributed by atoms with Crippen molar-refractivity contribution in [3.8, 4) is 17.1 Å². The quantitative estimate of drug-likeness (QED) is 0.850. The van der Waals surface area contributed by atoms with Crippen molar-refractivity contribution >= 4 is 5.91 Å². The number of amides is 1. The highest BCUT2D eigenvalue weighted by Crippen LogP contribution is 2.27. The van der Waals surface area contributed by atoms with E-state index < -0.39 is 0 Å². The third kappa shape index (κ3) is 3.84. The maximum atomic E-state index is 11.7. The molecule has 0 fully saturated rings. The van der Waals surface area contributed by atoms with Crippen LogP contribution in [0.5, 0.6) is 5.75 Å². The molecule has 0 bridgehead atoms. The third-order valence-electron chi connectivity index (χ3n) is 3.29. The number of carbonyl (C=O) groups is 1. The van der Waals surface area contributed by atoms with E-state index in [-0.39, 0.29) is 11.9 Å². The van der Waals surface area contributed by atoms with E-state index >= 15 is 0 Å². The minimum atomic E-state index is -0.319. The number of carbonyl (C=O) groups excluding carboxylic acids is 1. The lowest BCUT2D eigenvalue weighted by atomic mass is 10.2. The second kappa shape index (κ2) is 7.59. The molecule has 0 unspecified atom stereocenters. The molecule has 2 rings (SSSR count). The first kappa shape index (κ1) is 16.0. The van der Waals surface area contributed by atoms with E-state index in [2.05, 4.69) is 15.5 Å². The molecule has 118 valence electrons. The molecule has 0 aliphatic rings. The number of hydrogen-bond acceptors (Lipinski definition) is 5. The second-order valence-electron chi connectivity index (χ2n) is 5.05. The van der Waals surface area contributed by atoms with Crippen molar-refractivity contribution in [2.24, 2.45) is 0 Å². The lowest BCUT2D eigenvalue weighted by Crippen LogP contribution is -2.26. The topological polar surface area (TPSA) is 77.2 Å². The van der Waals surface area contributed by atoms with Gasteiger partial charge in [-0.2, -0.15) is 4.98 Å². The molecule has 0 aliphatic heterocycles. The van der Waals surface area contributed by atoms with Gasteiger partial charge in [0, 0.05) is 6.42 Å². The van der Waals surface area contributed by atoms with E-state index in [0.29, 0.717) is 23.9 Å². The van der Waals surface area contributed by atoms with Gasteiger partial charge in [0.2, 0.25) is 17.6 Å². The van der Waals surface area contributed by atoms with Crippen molar-refractivity contribution < 1.29 is 14.1 Å². The summed E-state index contributed by atoms with van der Waals surface area (Å²) in [6.07, 6.45) is 2.36. The van der Waals surface area contributed by atoms with Crippen molar-refractivity contribution in [2.75, 3.05) is 7.11 Å². The standard InChI is InChI=1S/C16H21N3O3/c1-4-5-10-14(20)17-11(2)16-18-15(19-22-16)12-8-6-7-9-13(12)21-3/h6-9,11H,4-5,10H2,1-3H3,(H,17,20)/t11-/m0/s1. The Kier molecular flexibility index (Phi) is 5.52. The zero-order valence-electron chi connectivity index (χ0n) is 13.1. The van der Waals surface area contributed by atoms with E-state index in [1.54, 1.807) is 7.11 Å². The molecule has 0 saturated heterocycles. The fourth-order valence-corrected chi connectivity index (χ4v) is 2.06. The van der Waals surface area contributed by atoms with Crippen molar-refractivity contribution in [2.45, 2.75) is 39.2 Å². The van der Waals surface area contributed by atoms with E-state index in [1.165, 1.54) is 0 Å². The fourth-order valence-electron chi connectivity index (χ4n) is 2.06. The van der Waals surface area contributed by atoms with Crippen molar-refractivity contribution in [1.82, 2.24) is 15.5 Å². The van der Waals surface area contributed by atoms with Gasteiger partial charge in [-0.25, -0.2) is 0 Å². The Hall–Kier alpha value is -2.37. The predicted octanol–water partition coefficient (Wildman–Crippen LogP) is 3.11. The summed E-state index contributed by atoms with van der Waals surface area (Å²) in [4.78, 5) is 16.1. The minimum Gasteiger partial charge on any atom is -0.496 e. The number of methoxy groups -OCH3 is 1. The second-order valence-corrected chi connectivity index (χ2v) is 5.05. The van der Waals surface area contributed by atoms with Crippen molar-refractivity contribution in [3.63, 3.8) is 0 Å². The molecule has 1 atom stereocenters. The van der Waals surface area contributed by atoms with Gasteiger partial charge in [-0.05, 0) is 25.5 Å². The number of rotatable bonds is 7. The van der Waals surface area contributed by atoms with Gasteiger partial charge in [-0.3, -0.25) is 4.79 Å². The smallest absolute Gasteiger partial charge is 0.249 e. The average Bonchev–Trinajstić information content (AvgIpc) is 3.02. The van der Waals surface area contributed by atoms with Gasteiger partial charge >= 0.3 is 0 Å². The fraction of sp³-hybridized carbons (Fsp3) is 0.438. The van der Waals surface area contributed by atoms with E-state index in [1.807, 2.05) is 38.1 Å². The number of unbranched alkanes of at least 4 members (excludes halogenated alkanes) is 1. The van der Waals surface area contributed by atoms with Gasteiger partial charge in [-0.15, -0.1) is 0 Å². The van der Waals surface area contributed by atoms with Crippen LogP contribution >= 0.6 is 0 Å². The summed E-state index contributed by atoms with van der Waals surface area (Å²) in [5.74, 6) is 1.49. The predicted molar refractivity (Wildman–Crippen MR) is 82.4 cm³/mol. The third-order valence-corrected chi connectivity index (χ3v) is 3.29. The molecular weight excluding hydrogens is 282 g/mol. The molecule has 6 nitrogen and oxygen atoms in total. The van der Waals surface area contributed by atoms with Crippen LogP contribution in [0.3, 0.4) is 0 Å². The molecule has 0 saturated carbocycles. The maximum Gasteiger partial charge on any atom is 0.249 e. The summed E-state index contributed by atoms with van der Waals surface area (Å²) in [6.45, 7) is 3.87. The van der Waals surface area contributed by atoms with Crippen LogP contribution in [0.15, 0.2) is 28.8 Å². The van der Waals surface area contributed by atoms with Gasteiger partial charge < -0.3 is 14.6 Å². The molecular formula is C16H21N3O3. The number of benzene rings is 1. The number of nitrogens with zero attached hydrogens (tertiary/aromatic N) is 2. The van der Waals surface area contributed by atoms with Crippen LogP contribution in [0.25, 0.3) is 11.4 Å². The molecule has 1 amide bonds. The van der Waals surface area contributed by atoms with Crippen LogP contribution in [0, 0.1) is 0 Å². The van der Waals surface area contributed by atoms with Crippen LogP contribution in [0.2, 0.25) is 0 Å². The van der Waals surface area contributed by atoms with Crippen LogP contribution in [0.1, 0.15) is 45.0 Å². The molecule has 0 spiro atoms. The highest BCUT2D eigenvalue weighted by molar-refractivity contribution is 5.76. The molecule has 22 heavy (non-hydrogen) atoms. The lowest BCUT2D eigenvalue weighted by Gasteiger charge is -2.09. The summed E-state index contributed by atoms with van der Waals surface area (Å²) in [7, 11) is 1.59. The minimum absolute atomic E-state index is 0.00797. The van der Waals surface area contributed by atoms with Crippen LogP contribution in [-0.2, 0) is 4.79 Å². The molecule has 1 N–H and O–H groups in total. The first-order valence-corrected chi connectivity index (χ1v) is 7.42. The average molecular weight is 303 g/mol. The Labute approximate surface area is 129 Å². The van der Waals surface area contributed by atoms with Gasteiger partial charge in [0.05, 0.1) is 12.7 Å². The molecule has 1 aromatic carbocycles. The SMILES string of the molecule is CCCCC(=O)N[C@@H](C)c1nc(-c2ccccc2OC)no1. The van der Waals surface area contributed by atoms with Crippen LogP contribution in [-0.4, -0.2) is 23.2 Å². The summed E-state index contributed by atoms with van der Waals surface area (Å²) in [5.41, 5.74) is 0.754. The Bertz CT molecular complexity index is 625. The molecule has 2 aromatic rings. The number of ether oxygens (including phenoxy) is 1. The first-order chi connectivity index (χ1) is 10.7. The van der Waals surface area contributed by atoms with E-state index in [9.17, 15) is 4.79 Å². The highest BCUT2D eigenvalue weighted by Gasteiger charge is 2.18. The normalized spacial score (nSPS) is 12.0. The monoisotopic (exact) mass is 303 g/mol. The van der Waals surface area contributed by atoms with Crippen molar-refractivity contribution in [3.05, 3.63) is 30.2 Å². The van der Waals surface area contributed by atoms with Gasteiger partial charge in [0.25, 0.3) is 0 Å². The van der Waals surface area contributed by atoms with E-state index in [4.69, 9.17) is 9.26 Å². The number of para-hydroxylation sites is 1. The molecule has 1 aromatic heterocycles. The highest BCUT2D eigenvalue weighted by atomic mass is 16.5. The summed E-state index contributed by atoms with van der Waals surface area (Å²) in [6, 6.07) is 7.13. The zero-order chi connectivity index (χ0) is 15.9. The summed E-state index contributed by atoms with van der Waals surface area (Å²) < 4.78 is 10.5. The number of aromatic nitrogens is 2. The summed E-state index contributed by atoms with van der Waals surface area (Å²) >= 11 is 0. The first-order valence-electron chi connectivity index (χ1n) is 7.42. The molecule has 1 heterocycles. The van der Waals surface area contributed by atoms with E-state index in [0.717, 1.165) is 18.4 Å². The van der Waals surface area contributed by atoms with Crippen molar-refractivity contribution in [1.29, 1.82) is 0 Å². The van der Waals surface area contributed by atoms with Crippen LogP contribution < -0.4 is 10.1 Å². The Morgan fingerprint density at radius 2 is 2.18 bits per heavy atom. The van der Waals surface area contributed by atoms with Gasteiger partial charge in [0.15, 0.2) is 0 Å². The molecule has 6 heteroatoms. The maximum absolute atomic E-state index is 11.7. The number of hydrogen-bond donors (Lipinski definition) is 1. The lowest BCUT2D eigenvalue weighted by molar-refractivity contribution is -0.122. The zero-order valence-corrected chi connectivity index (χ0v) is 13.1. The molecule has 0 aliphatic carbocycles. The van der Waals surface area contributed by atoms with Gasteiger partial charge in [0.1, 0.15) is 11.8 Å². The Morgan fingerprint density at radius 3 is 2.91 bits per heavy atom. The van der Waals surface area contributed by atoms with Gasteiger partial charge in [-0.1, -0.05) is 30.6 Å². The van der Waals surface area contributed by atoms with Crippen LogP contribution in [0.4, 0.5) is 0 Å². The Morgan fingerprint density at radius 1 is 1.41 bits per heavy atom. The summed E-state index contributed by atoms with van der Waals surface area (Å²) in [5, 5.41) is 6.83.